The lowest BCUT2D eigenvalue weighted by molar-refractivity contribution is 0.0997. The Bertz CT molecular complexity index is 1390. The summed E-state index contributed by atoms with van der Waals surface area (Å²) >= 11 is 0. The van der Waals surface area contributed by atoms with E-state index in [0.717, 1.165) is 11.1 Å². The van der Waals surface area contributed by atoms with Crippen LogP contribution >= 0.6 is 0 Å². The fourth-order valence-electron chi connectivity index (χ4n) is 3.37. The number of methoxy groups -OCH3 is 2. The van der Waals surface area contributed by atoms with Crippen LogP contribution in [0.5, 0.6) is 11.5 Å². The Morgan fingerprint density at radius 3 is 2.39 bits per heavy atom. The Morgan fingerprint density at radius 1 is 1.00 bits per heavy atom. The molecule has 158 valence electrons. The van der Waals surface area contributed by atoms with E-state index in [2.05, 4.69) is 15.0 Å². The van der Waals surface area contributed by atoms with E-state index in [4.69, 9.17) is 15.2 Å². The Balaban J connectivity index is 2.02. The van der Waals surface area contributed by atoms with Crippen molar-refractivity contribution in [2.75, 3.05) is 14.2 Å². The molecule has 0 saturated carbocycles. The van der Waals surface area contributed by atoms with E-state index in [-0.39, 0.29) is 22.7 Å². The van der Waals surface area contributed by atoms with Crippen LogP contribution < -0.4 is 20.9 Å². The third-order valence-electron chi connectivity index (χ3n) is 5.16. The number of aromatic amines is 1. The van der Waals surface area contributed by atoms with Crippen LogP contribution in [-0.2, 0) is 0 Å². The summed E-state index contributed by atoms with van der Waals surface area (Å²) in [6.45, 7) is 3.94. The molecule has 2 heterocycles. The van der Waals surface area contributed by atoms with Gasteiger partial charge in [0.2, 0.25) is 0 Å². The first-order valence-corrected chi connectivity index (χ1v) is 9.46. The molecule has 2 aromatic heterocycles. The second-order valence-electron chi connectivity index (χ2n) is 7.06. The van der Waals surface area contributed by atoms with Crippen molar-refractivity contribution in [1.82, 2.24) is 19.5 Å². The van der Waals surface area contributed by atoms with Crippen LogP contribution in [0.25, 0.3) is 28.2 Å². The molecule has 9 nitrogen and oxygen atoms in total. The first-order valence-electron chi connectivity index (χ1n) is 9.46. The minimum absolute atomic E-state index is 0.0746. The van der Waals surface area contributed by atoms with E-state index in [0.29, 0.717) is 22.7 Å². The number of hydrogen-bond acceptors (Lipinski definition) is 6. The van der Waals surface area contributed by atoms with E-state index in [1.807, 2.05) is 32.0 Å². The van der Waals surface area contributed by atoms with Crippen molar-refractivity contribution >= 4 is 17.1 Å². The zero-order chi connectivity index (χ0) is 22.3. The summed E-state index contributed by atoms with van der Waals surface area (Å²) in [6.07, 6.45) is 0. The number of nitrogens with one attached hydrogen (secondary N) is 1. The average molecular weight is 419 g/mol. The van der Waals surface area contributed by atoms with Crippen LogP contribution in [-0.4, -0.2) is 39.6 Å². The Morgan fingerprint density at radius 2 is 1.74 bits per heavy atom. The second kappa shape index (κ2) is 7.60. The van der Waals surface area contributed by atoms with Gasteiger partial charge in [0, 0.05) is 5.56 Å². The minimum Gasteiger partial charge on any atom is -0.493 e. The molecule has 0 saturated heterocycles. The summed E-state index contributed by atoms with van der Waals surface area (Å²) in [7, 11) is 3.05. The quantitative estimate of drug-likeness (QED) is 0.512. The maximum atomic E-state index is 12.8. The van der Waals surface area contributed by atoms with Crippen molar-refractivity contribution in [1.29, 1.82) is 0 Å². The lowest BCUT2D eigenvalue weighted by atomic mass is 10.1. The number of ether oxygens (including phenoxy) is 2. The van der Waals surface area contributed by atoms with E-state index < -0.39 is 11.6 Å². The van der Waals surface area contributed by atoms with Gasteiger partial charge in [-0.05, 0) is 55.3 Å². The van der Waals surface area contributed by atoms with E-state index in [9.17, 15) is 9.59 Å². The predicted molar refractivity (Wildman–Crippen MR) is 116 cm³/mol. The SMILES string of the molecule is COc1ccc(-c2nc(C(N)=O)c3[nH]c(=O)n(-c4ccc(C)c(C)c4)c3n2)cc1OC. The zero-order valence-electron chi connectivity index (χ0n) is 17.5. The van der Waals surface area contributed by atoms with E-state index >= 15 is 0 Å². The van der Waals surface area contributed by atoms with E-state index in [1.54, 1.807) is 18.2 Å². The fraction of sp³-hybridized carbons (Fsp3) is 0.182. The highest BCUT2D eigenvalue weighted by atomic mass is 16.5. The molecular formula is C22H21N5O4. The number of nitrogens with zero attached hydrogens (tertiary/aromatic N) is 3. The van der Waals surface area contributed by atoms with Crippen LogP contribution in [0.4, 0.5) is 0 Å². The molecule has 4 aromatic rings. The van der Waals surface area contributed by atoms with Crippen molar-refractivity contribution in [3.63, 3.8) is 0 Å². The first kappa shape index (κ1) is 20.1. The van der Waals surface area contributed by atoms with Crippen molar-refractivity contribution in [3.8, 4) is 28.6 Å². The number of nitrogens with two attached hydrogens (primary N) is 1. The monoisotopic (exact) mass is 419 g/mol. The van der Waals surface area contributed by atoms with Gasteiger partial charge in [-0.1, -0.05) is 6.07 Å². The molecule has 0 fully saturated rings. The number of fused-ring (bicyclic) bond motifs is 1. The van der Waals surface area contributed by atoms with Gasteiger partial charge in [0.15, 0.2) is 28.7 Å². The predicted octanol–water partition coefficient (Wildman–Crippen LogP) is 2.51. The second-order valence-corrected chi connectivity index (χ2v) is 7.06. The van der Waals surface area contributed by atoms with E-state index in [1.165, 1.54) is 18.8 Å². The van der Waals surface area contributed by atoms with Crippen molar-refractivity contribution < 1.29 is 14.3 Å². The standard InChI is InChI=1S/C22H21N5O4/c1-11-5-7-14(9-12(11)2)27-21-18(25-22(27)29)17(19(23)28)24-20(26-21)13-6-8-15(30-3)16(10-13)31-4/h5-10H,1-4H3,(H2,23,28)(H,25,29). The maximum Gasteiger partial charge on any atom is 0.332 e. The summed E-state index contributed by atoms with van der Waals surface area (Å²) in [6, 6.07) is 10.8. The number of carbonyl (C=O) groups is 1. The molecule has 0 aliphatic carbocycles. The van der Waals surface area contributed by atoms with Gasteiger partial charge in [0.25, 0.3) is 5.91 Å². The fourth-order valence-corrected chi connectivity index (χ4v) is 3.37. The largest absolute Gasteiger partial charge is 0.493 e. The number of aryl methyl sites for hydroxylation is 2. The van der Waals surface area contributed by atoms with Crippen LogP contribution in [0, 0.1) is 13.8 Å². The number of rotatable bonds is 5. The number of hydrogen-bond donors (Lipinski definition) is 2. The number of imidazole rings is 1. The number of carbonyl (C=O) groups excluding carboxylic acids is 1. The maximum absolute atomic E-state index is 12.8. The normalized spacial score (nSPS) is 11.0. The van der Waals surface area contributed by atoms with Crippen molar-refractivity contribution in [2.24, 2.45) is 5.73 Å². The molecule has 0 bridgehead atoms. The summed E-state index contributed by atoms with van der Waals surface area (Å²) in [5, 5.41) is 0. The highest BCUT2D eigenvalue weighted by Gasteiger charge is 2.21. The molecule has 3 N–H and O–H groups in total. The third kappa shape index (κ3) is 3.39. The highest BCUT2D eigenvalue weighted by Crippen LogP contribution is 2.32. The van der Waals surface area contributed by atoms with Gasteiger partial charge < -0.3 is 20.2 Å². The van der Waals surface area contributed by atoms with Crippen molar-refractivity contribution in [2.45, 2.75) is 13.8 Å². The lowest BCUT2D eigenvalue weighted by Crippen LogP contribution is -2.15. The van der Waals surface area contributed by atoms with Crippen LogP contribution in [0.1, 0.15) is 21.6 Å². The number of primary amides is 1. The number of H-pyrrole nitrogens is 1. The molecule has 0 atom stereocenters. The lowest BCUT2D eigenvalue weighted by Gasteiger charge is -2.10. The van der Waals surface area contributed by atoms with Gasteiger partial charge in [0.1, 0.15) is 5.52 Å². The summed E-state index contributed by atoms with van der Waals surface area (Å²) in [5.41, 5.74) is 8.78. The number of benzene rings is 2. The molecular weight excluding hydrogens is 398 g/mol. The molecule has 2 aromatic carbocycles. The van der Waals surface area contributed by atoms with Gasteiger partial charge in [0.05, 0.1) is 19.9 Å². The number of aromatic nitrogens is 4. The molecule has 4 rings (SSSR count). The molecule has 0 aliphatic heterocycles. The first-order chi connectivity index (χ1) is 14.8. The Hall–Kier alpha value is -4.14. The van der Waals surface area contributed by atoms with Crippen LogP contribution in [0.15, 0.2) is 41.2 Å². The summed E-state index contributed by atoms with van der Waals surface area (Å²) < 4.78 is 12.0. The zero-order valence-corrected chi connectivity index (χ0v) is 17.5. The molecule has 9 heteroatoms. The molecule has 1 amide bonds. The Labute approximate surface area is 177 Å². The smallest absolute Gasteiger partial charge is 0.332 e. The van der Waals surface area contributed by atoms with Gasteiger partial charge in [-0.3, -0.25) is 4.79 Å². The topological polar surface area (TPSA) is 125 Å². The molecule has 0 spiro atoms. The Kier molecular flexibility index (Phi) is 4.94. The van der Waals surface area contributed by atoms with Gasteiger partial charge >= 0.3 is 5.69 Å². The minimum atomic E-state index is -0.775. The molecule has 0 unspecified atom stereocenters. The van der Waals surface area contributed by atoms with Crippen LogP contribution in [0.2, 0.25) is 0 Å². The third-order valence-corrected chi connectivity index (χ3v) is 5.16. The average Bonchev–Trinajstić information content (AvgIpc) is 3.09. The molecule has 0 radical (unpaired) electrons. The van der Waals surface area contributed by atoms with Gasteiger partial charge in [-0.25, -0.2) is 19.3 Å². The highest BCUT2D eigenvalue weighted by molar-refractivity contribution is 6.02. The summed E-state index contributed by atoms with van der Waals surface area (Å²) in [5.74, 6) is 0.461. The van der Waals surface area contributed by atoms with Gasteiger partial charge in [-0.15, -0.1) is 0 Å². The summed E-state index contributed by atoms with van der Waals surface area (Å²) in [4.78, 5) is 36.5. The van der Waals surface area contributed by atoms with Crippen molar-refractivity contribution in [3.05, 3.63) is 63.7 Å². The van der Waals surface area contributed by atoms with Gasteiger partial charge in [-0.2, -0.15) is 0 Å². The van der Waals surface area contributed by atoms with Crippen LogP contribution in [0.3, 0.4) is 0 Å². The number of amides is 1. The molecule has 31 heavy (non-hydrogen) atoms. The molecule has 0 aliphatic rings.